The highest BCUT2D eigenvalue weighted by molar-refractivity contribution is 7.09. The molecule has 1 aliphatic heterocycles. The number of thiazole rings is 1. The number of nitrogens with zero attached hydrogens (tertiary/aromatic N) is 11. The van der Waals surface area contributed by atoms with Gasteiger partial charge in [0.15, 0.2) is 0 Å². The fraction of sp³-hybridized carbons (Fsp3) is 0.652. The Hall–Kier alpha value is -6.01. The predicted molar refractivity (Wildman–Crippen MR) is 462 cm³/mol. The molecule has 7 aromatic rings. The smallest absolute Gasteiger partial charge is 0.0953 e. The minimum Gasteiger partial charge on any atom is -0.335 e. The number of hydrogen-bond donors (Lipinski definition) is 0. The van der Waals surface area contributed by atoms with Gasteiger partial charge >= 0.3 is 0 Å². The Morgan fingerprint density at radius 2 is 0.792 bits per heavy atom. The van der Waals surface area contributed by atoms with Gasteiger partial charge in [0, 0.05) is 77.7 Å². The minimum absolute atomic E-state index is 0. The van der Waals surface area contributed by atoms with E-state index in [4.69, 9.17) is 0 Å². The first-order valence-electron chi connectivity index (χ1n) is 34.9. The number of rotatable bonds is 16. The fourth-order valence-electron chi connectivity index (χ4n) is 8.18. The standard InChI is InChI=1S/3C11H17N.C10H16N2.C10H17N.2C9H16N2.C9H15NS.9CH4/c1-8(2)10-5-11(9(3)4)7-12-6-10;1-8(2)10-5-6-12-11(7-10)9(3)4;1-8(2)10-5-6-11(9(3)4)12-7-10;1-7(2)9-5-6-10(8(3)4)12-11-9;1-7(2)9-5-10(8(3)4)11-6-9;1-7(2)9-5-11(6-10-9)8(3)4;1-7(2)9-5-10-11(6-9)8(3)4;1-6(2)8-5-11-9(10-8)7(3)4;;;;;;;;;/h3*5-9H,1-4H3;5-8H,1-4H3;5,7-8H,6H2,1-4H3;2*5-8H,1-4H3;5-7H,1-4H3;9*1H4. The molecule has 11 nitrogen and oxygen atoms in total. The average Bonchev–Trinajstić information content (AvgIpc) is 1.81. The lowest BCUT2D eigenvalue weighted by Crippen LogP contribution is -2.00. The molecule has 1 aliphatic rings. The molecule has 0 spiro atoms. The van der Waals surface area contributed by atoms with Gasteiger partial charge in [-0.25, -0.2) is 9.97 Å². The molecule has 0 aromatic carbocycles. The first-order valence-corrected chi connectivity index (χ1v) is 35.7. The van der Waals surface area contributed by atoms with Gasteiger partial charge in [-0.15, -0.1) is 11.3 Å². The normalized spacial score (nSPS) is 11.0. The Balaban J connectivity index is -0.000000135. The third-order valence-corrected chi connectivity index (χ3v) is 16.7. The first kappa shape index (κ1) is 113. The Labute approximate surface area is 634 Å². The van der Waals surface area contributed by atoms with Crippen molar-refractivity contribution >= 4 is 17.0 Å². The number of aromatic nitrogens is 10. The summed E-state index contributed by atoms with van der Waals surface area (Å²) in [5.41, 5.74) is 16.4. The van der Waals surface area contributed by atoms with E-state index in [1.54, 1.807) is 11.3 Å². The molecule has 0 N–H and O–H groups in total. The van der Waals surface area contributed by atoms with E-state index in [-0.39, 0.29) is 66.8 Å². The van der Waals surface area contributed by atoms with Crippen LogP contribution in [0, 0.1) is 11.8 Å². The predicted octanol–water partition coefficient (Wildman–Crippen LogP) is 29.7. The monoisotopic (exact) mass is 1420 g/mol. The van der Waals surface area contributed by atoms with E-state index in [1.807, 2.05) is 42.0 Å². The number of allylic oxidation sites excluding steroid dienone is 1. The third-order valence-electron chi connectivity index (χ3n) is 15.5. The topological polar surface area (TPSA) is 125 Å². The van der Waals surface area contributed by atoms with Gasteiger partial charge < -0.3 is 4.57 Å². The zero-order valence-corrected chi connectivity index (χ0v) is 64.9. The molecule has 8 heterocycles. The van der Waals surface area contributed by atoms with Gasteiger partial charge in [-0.3, -0.25) is 24.6 Å². The summed E-state index contributed by atoms with van der Waals surface area (Å²) in [4.78, 5) is 26.2. The maximum Gasteiger partial charge on any atom is 0.0953 e. The van der Waals surface area contributed by atoms with Crippen LogP contribution in [0.1, 0.15) is 438 Å². The fourth-order valence-corrected chi connectivity index (χ4v) is 9.17. The highest BCUT2D eigenvalue weighted by Gasteiger charge is 2.14. The van der Waals surface area contributed by atoms with Crippen LogP contribution < -0.4 is 0 Å². The maximum atomic E-state index is 4.53. The molecular weight excluding hydrogens is 1260 g/mol. The molecule has 0 radical (unpaired) electrons. The highest BCUT2D eigenvalue weighted by Crippen LogP contribution is 2.25. The summed E-state index contributed by atoms with van der Waals surface area (Å²) in [5.74, 6) is 7.87. The van der Waals surface area contributed by atoms with Gasteiger partial charge in [0.2, 0.25) is 0 Å². The largest absolute Gasteiger partial charge is 0.335 e. The van der Waals surface area contributed by atoms with Crippen LogP contribution in [0.25, 0.3) is 0 Å². The van der Waals surface area contributed by atoms with Crippen molar-refractivity contribution in [3.8, 4) is 0 Å². The number of aliphatic imine (C=N–C) groups is 1. The summed E-state index contributed by atoms with van der Waals surface area (Å²) in [7, 11) is 0. The van der Waals surface area contributed by atoms with E-state index in [2.05, 4.69) is 338 Å². The molecule has 0 fully saturated rings. The van der Waals surface area contributed by atoms with Crippen molar-refractivity contribution in [3.63, 3.8) is 0 Å². The van der Waals surface area contributed by atoms with Gasteiger partial charge in [0.25, 0.3) is 0 Å². The molecule has 12 heteroatoms. The van der Waals surface area contributed by atoms with Crippen LogP contribution in [-0.4, -0.2) is 61.7 Å². The summed E-state index contributed by atoms with van der Waals surface area (Å²) >= 11 is 1.77. The second-order valence-corrected chi connectivity index (χ2v) is 30.3. The average molecular weight is 1420 g/mol. The summed E-state index contributed by atoms with van der Waals surface area (Å²) in [6, 6.07) is 16.0. The van der Waals surface area contributed by atoms with Gasteiger partial charge in [-0.2, -0.15) is 15.3 Å². The molecular formula is C89H167N11S. The van der Waals surface area contributed by atoms with Crippen molar-refractivity contribution in [1.82, 2.24) is 49.5 Å². The number of imidazole rings is 1. The van der Waals surface area contributed by atoms with Gasteiger partial charge in [0.1, 0.15) is 0 Å². The van der Waals surface area contributed by atoms with Gasteiger partial charge in [-0.05, 0) is 174 Å². The molecule has 0 saturated heterocycles. The molecule has 0 unspecified atom stereocenters. The van der Waals surface area contributed by atoms with Crippen LogP contribution in [0.5, 0.6) is 0 Å². The Bertz CT molecular complexity index is 2700. The molecule has 101 heavy (non-hydrogen) atoms. The first-order chi connectivity index (χ1) is 42.9. The zero-order valence-electron chi connectivity index (χ0n) is 64.1. The maximum absolute atomic E-state index is 4.53. The van der Waals surface area contributed by atoms with Crippen molar-refractivity contribution in [2.24, 2.45) is 16.8 Å². The molecule has 0 atom stereocenters. The van der Waals surface area contributed by atoms with Crippen molar-refractivity contribution in [1.29, 1.82) is 0 Å². The number of hydrogen-bond acceptors (Lipinski definition) is 10. The summed E-state index contributed by atoms with van der Waals surface area (Å²) in [6.45, 7) is 70.5. The summed E-state index contributed by atoms with van der Waals surface area (Å²) in [6.07, 6.45) is 18.2. The lowest BCUT2D eigenvalue weighted by atomic mass is 9.99. The molecule has 8 rings (SSSR count). The Morgan fingerprint density at radius 3 is 1.07 bits per heavy atom. The van der Waals surface area contributed by atoms with E-state index in [0.717, 1.165) is 17.9 Å². The van der Waals surface area contributed by atoms with E-state index >= 15 is 0 Å². The zero-order chi connectivity index (χ0) is 70.3. The Morgan fingerprint density at radius 1 is 0.347 bits per heavy atom. The molecule has 0 saturated carbocycles. The van der Waals surface area contributed by atoms with Crippen LogP contribution in [0.4, 0.5) is 0 Å². The molecule has 0 aliphatic carbocycles. The quantitative estimate of drug-likeness (QED) is 0.0937. The third kappa shape index (κ3) is 44.3. The van der Waals surface area contributed by atoms with Crippen LogP contribution >= 0.6 is 11.3 Å². The SMILES string of the molecule is C.C.C.C.C.C.C.C.C.CC(C)C1=CC(C(C)C)=NC1.CC(C)c1ccc(C(C)C)nc1.CC(C)c1ccc(C(C)C)nn1.CC(C)c1ccnc(C(C)C)c1.CC(C)c1cn(C(C)C)cn1.CC(C)c1cncc(C(C)C)c1.CC(C)c1cnn(C(C)C)c1.CC(C)c1csc(C(C)C)n1. The number of pyridine rings is 3. The lowest BCUT2D eigenvalue weighted by molar-refractivity contribution is 0.531. The van der Waals surface area contributed by atoms with E-state index in [1.165, 1.54) is 66.9 Å². The minimum atomic E-state index is 0. The van der Waals surface area contributed by atoms with Crippen molar-refractivity contribution in [2.75, 3.05) is 6.54 Å². The van der Waals surface area contributed by atoms with Crippen molar-refractivity contribution in [3.05, 3.63) is 176 Å². The van der Waals surface area contributed by atoms with Crippen molar-refractivity contribution < 1.29 is 0 Å². The van der Waals surface area contributed by atoms with E-state index in [9.17, 15) is 0 Å². The van der Waals surface area contributed by atoms with Crippen LogP contribution in [-0.2, 0) is 0 Å². The van der Waals surface area contributed by atoms with Crippen molar-refractivity contribution in [2.45, 2.75) is 371 Å². The summed E-state index contributed by atoms with van der Waals surface area (Å²) < 4.78 is 4.13. The molecule has 0 amide bonds. The highest BCUT2D eigenvalue weighted by atomic mass is 32.1. The molecule has 584 valence electrons. The second-order valence-electron chi connectivity index (χ2n) is 29.4. The van der Waals surface area contributed by atoms with Crippen LogP contribution in [0.2, 0.25) is 0 Å². The second kappa shape index (κ2) is 58.4. The Kier molecular flexibility index (Phi) is 65.6. The van der Waals surface area contributed by atoms with Crippen LogP contribution in [0.15, 0.2) is 114 Å². The molecule has 7 aromatic heterocycles. The van der Waals surface area contributed by atoms with E-state index < -0.39 is 0 Å². The van der Waals surface area contributed by atoms with E-state index in [0.29, 0.717) is 94.9 Å². The summed E-state index contributed by atoms with van der Waals surface area (Å²) in [5, 5.41) is 16.0. The van der Waals surface area contributed by atoms with Gasteiger partial charge in [-0.1, -0.05) is 273 Å². The van der Waals surface area contributed by atoms with Gasteiger partial charge in [0.05, 0.1) is 46.9 Å². The van der Waals surface area contributed by atoms with Crippen LogP contribution in [0.3, 0.4) is 0 Å². The molecule has 0 bridgehead atoms. The lowest BCUT2D eigenvalue weighted by Gasteiger charge is -2.09.